The molecule has 1 saturated carbocycles. The molecule has 7 heteroatoms. The molecule has 3 fully saturated rings. The van der Waals surface area contributed by atoms with E-state index in [1.54, 1.807) is 4.90 Å². The number of aliphatic carboxylic acids is 1. The molecule has 0 aromatic heterocycles. The SMILES string of the molecule is O=C(O)CCN(CCc1ccccc1)C(=O)C1CCC2CN(CCC3CCNCC3)C(=O)C2C1. The quantitative estimate of drug-likeness (QED) is 0.550. The lowest BCUT2D eigenvalue weighted by Crippen LogP contribution is -2.42. The third-order valence-electron chi connectivity index (χ3n) is 8.11. The van der Waals surface area contributed by atoms with Gasteiger partial charge in [-0.05, 0) is 75.4 Å². The molecule has 1 aliphatic carbocycles. The predicted octanol–water partition coefficient (Wildman–Crippen LogP) is 2.80. The lowest BCUT2D eigenvalue weighted by Gasteiger charge is -2.33. The van der Waals surface area contributed by atoms with Crippen LogP contribution in [0, 0.1) is 23.7 Å². The predicted molar refractivity (Wildman–Crippen MR) is 130 cm³/mol. The van der Waals surface area contributed by atoms with Crippen LogP contribution in [0.4, 0.5) is 0 Å². The highest BCUT2D eigenvalue weighted by Crippen LogP contribution is 2.40. The van der Waals surface area contributed by atoms with Crippen LogP contribution in [0.3, 0.4) is 0 Å². The molecule has 0 radical (unpaired) electrons. The molecular formula is C27H39N3O4. The van der Waals surface area contributed by atoms with Crippen LogP contribution < -0.4 is 5.32 Å². The molecule has 2 aliphatic heterocycles. The molecule has 1 aromatic carbocycles. The Kier molecular flexibility index (Phi) is 8.59. The number of benzene rings is 1. The Balaban J connectivity index is 1.32. The van der Waals surface area contributed by atoms with Gasteiger partial charge in [-0.2, -0.15) is 0 Å². The summed E-state index contributed by atoms with van der Waals surface area (Å²) in [5.41, 5.74) is 1.13. The molecule has 2 saturated heterocycles. The summed E-state index contributed by atoms with van der Waals surface area (Å²) in [6.07, 6.45) is 6.43. The van der Waals surface area contributed by atoms with Gasteiger partial charge in [0.05, 0.1) is 6.42 Å². The van der Waals surface area contributed by atoms with Crippen molar-refractivity contribution >= 4 is 17.8 Å². The monoisotopic (exact) mass is 469 g/mol. The molecule has 3 atom stereocenters. The average Bonchev–Trinajstić information content (AvgIpc) is 3.18. The van der Waals surface area contributed by atoms with E-state index in [2.05, 4.69) is 10.2 Å². The van der Waals surface area contributed by atoms with Gasteiger partial charge in [-0.25, -0.2) is 0 Å². The van der Waals surface area contributed by atoms with E-state index in [0.717, 1.165) is 51.0 Å². The van der Waals surface area contributed by atoms with Gasteiger partial charge in [0, 0.05) is 38.0 Å². The fourth-order valence-electron chi connectivity index (χ4n) is 6.03. The van der Waals surface area contributed by atoms with Gasteiger partial charge >= 0.3 is 5.97 Å². The molecule has 34 heavy (non-hydrogen) atoms. The van der Waals surface area contributed by atoms with Crippen molar-refractivity contribution in [2.45, 2.75) is 51.4 Å². The van der Waals surface area contributed by atoms with Crippen molar-refractivity contribution in [2.24, 2.45) is 23.7 Å². The van der Waals surface area contributed by atoms with E-state index < -0.39 is 5.97 Å². The zero-order valence-corrected chi connectivity index (χ0v) is 20.2. The zero-order chi connectivity index (χ0) is 23.9. The summed E-state index contributed by atoms with van der Waals surface area (Å²) >= 11 is 0. The van der Waals surface area contributed by atoms with Gasteiger partial charge in [0.15, 0.2) is 0 Å². The van der Waals surface area contributed by atoms with Crippen LogP contribution in [0.5, 0.6) is 0 Å². The van der Waals surface area contributed by atoms with E-state index in [0.29, 0.717) is 31.2 Å². The number of nitrogens with one attached hydrogen (secondary N) is 1. The summed E-state index contributed by atoms with van der Waals surface area (Å²) in [6.45, 7) is 4.58. The molecule has 0 bridgehead atoms. The van der Waals surface area contributed by atoms with Gasteiger partial charge in [-0.3, -0.25) is 14.4 Å². The summed E-state index contributed by atoms with van der Waals surface area (Å²) in [7, 11) is 0. The van der Waals surface area contributed by atoms with E-state index in [1.807, 2.05) is 30.3 Å². The van der Waals surface area contributed by atoms with Gasteiger partial charge in [0.25, 0.3) is 0 Å². The second-order valence-corrected chi connectivity index (χ2v) is 10.3. The third kappa shape index (κ3) is 6.38. The van der Waals surface area contributed by atoms with Crippen LogP contribution in [-0.2, 0) is 20.8 Å². The van der Waals surface area contributed by atoms with E-state index in [9.17, 15) is 19.5 Å². The van der Waals surface area contributed by atoms with Gasteiger partial charge in [0.2, 0.25) is 11.8 Å². The first-order valence-electron chi connectivity index (χ1n) is 13.0. The van der Waals surface area contributed by atoms with Gasteiger partial charge in [0.1, 0.15) is 0 Å². The highest BCUT2D eigenvalue weighted by Gasteiger charge is 2.45. The van der Waals surface area contributed by atoms with E-state index in [4.69, 9.17) is 0 Å². The smallest absolute Gasteiger partial charge is 0.305 e. The maximum absolute atomic E-state index is 13.4. The Morgan fingerprint density at radius 2 is 1.82 bits per heavy atom. The fraction of sp³-hybridized carbons (Fsp3) is 0.667. The third-order valence-corrected chi connectivity index (χ3v) is 8.11. The van der Waals surface area contributed by atoms with Crippen LogP contribution in [0.15, 0.2) is 30.3 Å². The number of rotatable bonds is 10. The van der Waals surface area contributed by atoms with Gasteiger partial charge in [-0.1, -0.05) is 30.3 Å². The Hall–Kier alpha value is -2.41. The number of fused-ring (bicyclic) bond motifs is 1. The number of carboxylic acid groups (broad SMARTS) is 1. The summed E-state index contributed by atoms with van der Waals surface area (Å²) in [5, 5.41) is 12.6. The first kappa shape index (κ1) is 24.7. The van der Waals surface area contributed by atoms with Crippen molar-refractivity contribution < 1.29 is 19.5 Å². The van der Waals surface area contributed by atoms with E-state index in [-0.39, 0.29) is 36.6 Å². The molecule has 7 nitrogen and oxygen atoms in total. The Morgan fingerprint density at radius 3 is 2.56 bits per heavy atom. The van der Waals surface area contributed by atoms with Crippen molar-refractivity contribution in [1.29, 1.82) is 0 Å². The second kappa shape index (κ2) is 11.8. The average molecular weight is 470 g/mol. The molecule has 0 spiro atoms. The highest BCUT2D eigenvalue weighted by atomic mass is 16.4. The number of nitrogens with zero attached hydrogens (tertiary/aromatic N) is 2. The van der Waals surface area contributed by atoms with Crippen LogP contribution in [-0.4, -0.2) is 72.0 Å². The van der Waals surface area contributed by atoms with Crippen LogP contribution in [0.25, 0.3) is 0 Å². The molecule has 1 aromatic rings. The summed E-state index contributed by atoms with van der Waals surface area (Å²) < 4.78 is 0. The van der Waals surface area contributed by atoms with Crippen molar-refractivity contribution in [3.8, 4) is 0 Å². The molecule has 3 unspecified atom stereocenters. The lowest BCUT2D eigenvalue weighted by atomic mass is 9.75. The molecule has 186 valence electrons. The van der Waals surface area contributed by atoms with E-state index >= 15 is 0 Å². The molecule has 4 rings (SSSR count). The highest BCUT2D eigenvalue weighted by molar-refractivity contribution is 5.84. The number of hydrogen-bond acceptors (Lipinski definition) is 4. The number of piperidine rings is 1. The number of carboxylic acids is 1. The topological polar surface area (TPSA) is 89.9 Å². The molecule has 3 aliphatic rings. The number of hydrogen-bond donors (Lipinski definition) is 2. The van der Waals surface area contributed by atoms with Crippen molar-refractivity contribution in [3.63, 3.8) is 0 Å². The molecule has 2 amide bonds. The fourth-order valence-corrected chi connectivity index (χ4v) is 6.03. The first-order valence-corrected chi connectivity index (χ1v) is 13.0. The second-order valence-electron chi connectivity index (χ2n) is 10.3. The van der Waals surface area contributed by atoms with Crippen LogP contribution >= 0.6 is 0 Å². The number of carbonyl (C=O) groups excluding carboxylic acids is 2. The summed E-state index contributed by atoms with van der Waals surface area (Å²) in [4.78, 5) is 41.6. The standard InChI is InChI=1S/C27H39N3O4/c31-25(32)12-17-29(15-10-20-4-2-1-3-5-20)26(33)22-6-7-23-19-30(27(34)24(23)18-22)16-11-21-8-13-28-14-9-21/h1-5,21-24,28H,6-19H2,(H,31,32). The molecule has 2 N–H and O–H groups in total. The Bertz CT molecular complexity index is 840. The maximum Gasteiger partial charge on any atom is 0.305 e. The number of likely N-dealkylation sites (tertiary alicyclic amines) is 1. The Labute approximate surface area is 202 Å². The number of carbonyl (C=O) groups is 3. The van der Waals surface area contributed by atoms with Gasteiger partial charge in [-0.15, -0.1) is 0 Å². The minimum absolute atomic E-state index is 0.0246. The molecule has 2 heterocycles. The molecular weight excluding hydrogens is 430 g/mol. The Morgan fingerprint density at radius 1 is 1.06 bits per heavy atom. The summed E-state index contributed by atoms with van der Waals surface area (Å²) in [5.74, 6) is 0.205. The minimum atomic E-state index is -0.892. The minimum Gasteiger partial charge on any atom is -0.481 e. The van der Waals surface area contributed by atoms with Gasteiger partial charge < -0.3 is 20.2 Å². The van der Waals surface area contributed by atoms with Crippen molar-refractivity contribution in [3.05, 3.63) is 35.9 Å². The van der Waals surface area contributed by atoms with E-state index in [1.165, 1.54) is 12.8 Å². The van der Waals surface area contributed by atoms with Crippen molar-refractivity contribution in [2.75, 3.05) is 39.3 Å². The van der Waals surface area contributed by atoms with Crippen LogP contribution in [0.1, 0.15) is 50.5 Å². The largest absolute Gasteiger partial charge is 0.481 e. The van der Waals surface area contributed by atoms with Crippen molar-refractivity contribution in [1.82, 2.24) is 15.1 Å². The maximum atomic E-state index is 13.4. The lowest BCUT2D eigenvalue weighted by molar-refractivity contribution is -0.141. The number of amides is 2. The zero-order valence-electron chi connectivity index (χ0n) is 20.2. The first-order chi connectivity index (χ1) is 16.5. The normalized spacial score (nSPS) is 25.2. The van der Waals surface area contributed by atoms with Crippen LogP contribution in [0.2, 0.25) is 0 Å². The summed E-state index contributed by atoms with van der Waals surface area (Å²) in [6, 6.07) is 9.97.